The summed E-state index contributed by atoms with van der Waals surface area (Å²) in [6.07, 6.45) is 5.78. The topological polar surface area (TPSA) is 61.6 Å². The maximum absolute atomic E-state index is 10.5. The molecule has 0 bridgehead atoms. The number of benzene rings is 1. The highest BCUT2D eigenvalue weighted by molar-refractivity contribution is 7.99. The van der Waals surface area contributed by atoms with E-state index < -0.39 is 0 Å². The molecule has 4 heterocycles. The van der Waals surface area contributed by atoms with Gasteiger partial charge in [0.05, 0.1) is 5.52 Å². The van der Waals surface area contributed by atoms with Crippen LogP contribution in [0, 0.1) is 0 Å². The van der Waals surface area contributed by atoms with Crippen molar-refractivity contribution in [2.75, 3.05) is 24.6 Å². The first-order valence-corrected chi connectivity index (χ1v) is 11.9. The van der Waals surface area contributed by atoms with E-state index in [0.29, 0.717) is 5.82 Å². The Hall–Kier alpha value is -2.22. The average molecular weight is 423 g/mol. The molecular formula is C22H22N4OS2. The number of aromatic hydroxyl groups is 1. The summed E-state index contributed by atoms with van der Waals surface area (Å²) in [5.74, 6) is 2.95. The monoisotopic (exact) mass is 422 g/mol. The van der Waals surface area contributed by atoms with Gasteiger partial charge in [0.25, 0.3) is 0 Å². The molecule has 0 spiro atoms. The molecular weight excluding hydrogens is 400 g/mol. The Balaban J connectivity index is 1.51. The molecule has 1 fully saturated rings. The molecule has 1 aromatic carbocycles. The fourth-order valence-electron chi connectivity index (χ4n) is 3.74. The van der Waals surface area contributed by atoms with Crippen molar-refractivity contribution in [1.29, 1.82) is 0 Å². The predicted molar refractivity (Wildman–Crippen MR) is 123 cm³/mol. The standard InChI is InChI=1S/C22H22N4OS2/c27-22-20-19(24-21(25-22)18-6-1-2-7-23-18)17(14-29-20)16-5-3-4-15(12-16)13-26-8-10-28-11-9-26/h3-7,12,14H,1-2,8-11,13H2,(H,24,25,27). The van der Waals surface area contributed by atoms with Gasteiger partial charge in [-0.3, -0.25) is 9.89 Å². The van der Waals surface area contributed by atoms with Crippen molar-refractivity contribution in [2.24, 2.45) is 4.99 Å². The fraction of sp³-hybridized carbons (Fsp3) is 0.318. The number of nitrogens with zero attached hydrogens (tertiary/aromatic N) is 4. The number of hydrogen-bond acceptors (Lipinski definition) is 7. The summed E-state index contributed by atoms with van der Waals surface area (Å²) in [5.41, 5.74) is 5.02. The minimum Gasteiger partial charge on any atom is -0.492 e. The number of aliphatic imine (C=N–C) groups is 1. The van der Waals surface area contributed by atoms with E-state index in [1.54, 1.807) is 0 Å². The third-order valence-corrected chi connectivity index (χ3v) is 7.15. The van der Waals surface area contributed by atoms with Gasteiger partial charge in [0.15, 0.2) is 5.82 Å². The third-order valence-electron chi connectivity index (χ3n) is 5.24. The number of allylic oxidation sites excluding steroid dienone is 1. The lowest BCUT2D eigenvalue weighted by atomic mass is 10.0. The summed E-state index contributed by atoms with van der Waals surface area (Å²) < 4.78 is 0.725. The van der Waals surface area contributed by atoms with Crippen LogP contribution in [0.4, 0.5) is 0 Å². The maximum Gasteiger partial charge on any atom is 0.233 e. The molecule has 0 radical (unpaired) electrons. The molecule has 1 N–H and O–H groups in total. The van der Waals surface area contributed by atoms with E-state index in [-0.39, 0.29) is 5.88 Å². The molecule has 2 aliphatic heterocycles. The van der Waals surface area contributed by atoms with Gasteiger partial charge in [-0.15, -0.1) is 11.3 Å². The molecule has 5 rings (SSSR count). The Bertz CT molecular complexity index is 1100. The van der Waals surface area contributed by atoms with Crippen LogP contribution in [0.2, 0.25) is 0 Å². The van der Waals surface area contributed by atoms with Gasteiger partial charge < -0.3 is 5.11 Å². The number of hydrogen-bond donors (Lipinski definition) is 1. The first-order valence-electron chi connectivity index (χ1n) is 9.88. The van der Waals surface area contributed by atoms with Crippen molar-refractivity contribution >= 4 is 45.2 Å². The minimum absolute atomic E-state index is 0.0323. The van der Waals surface area contributed by atoms with Crippen LogP contribution in [0.1, 0.15) is 24.2 Å². The summed E-state index contributed by atoms with van der Waals surface area (Å²) in [4.78, 5) is 16.0. The summed E-state index contributed by atoms with van der Waals surface area (Å²) in [6, 6.07) is 8.68. The Morgan fingerprint density at radius 3 is 2.83 bits per heavy atom. The number of thiophene rings is 1. The number of aromatic nitrogens is 2. The van der Waals surface area contributed by atoms with Gasteiger partial charge in [-0.2, -0.15) is 16.7 Å². The summed E-state index contributed by atoms with van der Waals surface area (Å²) in [6.45, 7) is 3.27. The van der Waals surface area contributed by atoms with Crippen LogP contribution in [-0.4, -0.2) is 50.8 Å². The lowest BCUT2D eigenvalue weighted by molar-refractivity contribution is 0.294. The molecule has 148 valence electrons. The Labute approximate surface area is 178 Å². The van der Waals surface area contributed by atoms with Crippen LogP contribution in [-0.2, 0) is 6.54 Å². The van der Waals surface area contributed by atoms with Gasteiger partial charge in [0.1, 0.15) is 10.4 Å². The lowest BCUT2D eigenvalue weighted by Gasteiger charge is -2.26. The molecule has 3 aromatic rings. The molecule has 0 unspecified atom stereocenters. The second kappa shape index (κ2) is 8.26. The van der Waals surface area contributed by atoms with E-state index in [2.05, 4.69) is 44.5 Å². The first-order chi connectivity index (χ1) is 14.3. The Kier molecular flexibility index (Phi) is 5.35. The van der Waals surface area contributed by atoms with Gasteiger partial charge in [-0.25, -0.2) is 4.98 Å². The number of fused-ring (bicyclic) bond motifs is 1. The molecule has 0 atom stereocenters. The molecule has 0 saturated carbocycles. The summed E-state index contributed by atoms with van der Waals surface area (Å²) in [7, 11) is 0. The zero-order chi connectivity index (χ0) is 19.6. The normalized spacial score (nSPS) is 17.6. The van der Waals surface area contributed by atoms with Crippen molar-refractivity contribution in [3.8, 4) is 17.0 Å². The van der Waals surface area contributed by atoms with Gasteiger partial charge in [-0.05, 0) is 30.0 Å². The molecule has 2 aliphatic rings. The quantitative estimate of drug-likeness (QED) is 0.653. The van der Waals surface area contributed by atoms with E-state index in [1.807, 2.05) is 24.1 Å². The molecule has 5 nitrogen and oxygen atoms in total. The van der Waals surface area contributed by atoms with E-state index in [1.165, 1.54) is 28.4 Å². The molecule has 0 aliphatic carbocycles. The summed E-state index contributed by atoms with van der Waals surface area (Å²) in [5, 5.41) is 12.6. The van der Waals surface area contributed by atoms with Crippen LogP contribution >= 0.6 is 23.1 Å². The van der Waals surface area contributed by atoms with E-state index in [0.717, 1.165) is 59.5 Å². The van der Waals surface area contributed by atoms with E-state index in [4.69, 9.17) is 4.98 Å². The number of thioether (sulfide) groups is 1. The second-order valence-electron chi connectivity index (χ2n) is 7.27. The van der Waals surface area contributed by atoms with Gasteiger partial charge in [0.2, 0.25) is 5.88 Å². The van der Waals surface area contributed by atoms with Crippen molar-refractivity contribution in [2.45, 2.75) is 19.4 Å². The van der Waals surface area contributed by atoms with Crippen LogP contribution in [0.5, 0.6) is 5.88 Å². The largest absolute Gasteiger partial charge is 0.492 e. The average Bonchev–Trinajstić information content (AvgIpc) is 3.20. The SMILES string of the molecule is Oc1nc(C2=CCCC=N2)nc2c(-c3cccc(CN4CCSCC4)c3)csc12. The predicted octanol–water partition coefficient (Wildman–Crippen LogP) is 4.82. The van der Waals surface area contributed by atoms with Crippen molar-refractivity contribution in [3.63, 3.8) is 0 Å². The highest BCUT2D eigenvalue weighted by Crippen LogP contribution is 2.38. The molecule has 0 amide bonds. The smallest absolute Gasteiger partial charge is 0.233 e. The molecule has 7 heteroatoms. The van der Waals surface area contributed by atoms with Gasteiger partial charge >= 0.3 is 0 Å². The number of rotatable bonds is 4. The van der Waals surface area contributed by atoms with Crippen molar-refractivity contribution < 1.29 is 5.11 Å². The summed E-state index contributed by atoms with van der Waals surface area (Å²) >= 11 is 3.52. The van der Waals surface area contributed by atoms with Crippen LogP contribution in [0.15, 0.2) is 40.7 Å². The van der Waals surface area contributed by atoms with Gasteiger partial charge in [-0.1, -0.05) is 24.3 Å². The molecule has 1 saturated heterocycles. The maximum atomic E-state index is 10.5. The minimum atomic E-state index is 0.0323. The van der Waals surface area contributed by atoms with Crippen LogP contribution in [0.25, 0.3) is 27.0 Å². The highest BCUT2D eigenvalue weighted by Gasteiger charge is 2.17. The molecule has 29 heavy (non-hydrogen) atoms. The fourth-order valence-corrected chi connectivity index (χ4v) is 5.62. The Morgan fingerprint density at radius 2 is 2.00 bits per heavy atom. The zero-order valence-electron chi connectivity index (χ0n) is 16.0. The van der Waals surface area contributed by atoms with Crippen molar-refractivity contribution in [3.05, 3.63) is 47.1 Å². The Morgan fingerprint density at radius 1 is 1.10 bits per heavy atom. The zero-order valence-corrected chi connectivity index (χ0v) is 17.7. The van der Waals surface area contributed by atoms with Gasteiger partial charge in [0, 0.05) is 48.3 Å². The molecule has 2 aromatic heterocycles. The first kappa shape index (κ1) is 18.8. The second-order valence-corrected chi connectivity index (χ2v) is 9.37. The van der Waals surface area contributed by atoms with E-state index >= 15 is 0 Å². The van der Waals surface area contributed by atoms with Crippen LogP contribution < -0.4 is 0 Å². The van der Waals surface area contributed by atoms with E-state index in [9.17, 15) is 5.11 Å². The lowest BCUT2D eigenvalue weighted by Crippen LogP contribution is -2.31. The van der Waals surface area contributed by atoms with Crippen molar-refractivity contribution in [1.82, 2.24) is 14.9 Å². The van der Waals surface area contributed by atoms with Crippen LogP contribution in [0.3, 0.4) is 0 Å². The highest BCUT2D eigenvalue weighted by atomic mass is 32.2. The third kappa shape index (κ3) is 3.95.